The third-order valence-corrected chi connectivity index (χ3v) is 2.08. The summed E-state index contributed by atoms with van der Waals surface area (Å²) in [6.07, 6.45) is 2.01. The number of aromatic hydroxyl groups is 1. The molecule has 0 heterocycles. The predicted molar refractivity (Wildman–Crippen MR) is 58.4 cm³/mol. The van der Waals surface area contributed by atoms with Gasteiger partial charge in [0.05, 0.1) is 0 Å². The standard InChI is InChI=1S/C11H18N2O/c12-7-1-8-13-9-6-10-2-4-11(14)5-3-10/h2-5,13-14H,1,6-9,12H2. The van der Waals surface area contributed by atoms with Crippen LogP contribution in [-0.2, 0) is 6.42 Å². The maximum absolute atomic E-state index is 9.07. The summed E-state index contributed by atoms with van der Waals surface area (Å²) in [6.45, 7) is 2.69. The number of nitrogens with two attached hydrogens (primary N) is 1. The second-order valence-electron chi connectivity index (χ2n) is 3.31. The van der Waals surface area contributed by atoms with E-state index in [1.165, 1.54) is 5.56 Å². The molecule has 1 aromatic rings. The fraction of sp³-hybridized carbons (Fsp3) is 0.455. The Balaban J connectivity index is 2.15. The van der Waals surface area contributed by atoms with Crippen molar-refractivity contribution in [1.29, 1.82) is 0 Å². The minimum absolute atomic E-state index is 0.324. The minimum Gasteiger partial charge on any atom is -0.508 e. The lowest BCUT2D eigenvalue weighted by Gasteiger charge is -2.03. The van der Waals surface area contributed by atoms with Crippen molar-refractivity contribution in [2.24, 2.45) is 5.73 Å². The molecule has 0 aliphatic heterocycles. The van der Waals surface area contributed by atoms with Gasteiger partial charge in [-0.15, -0.1) is 0 Å². The first-order chi connectivity index (χ1) is 6.83. The fourth-order valence-corrected chi connectivity index (χ4v) is 1.25. The van der Waals surface area contributed by atoms with Gasteiger partial charge < -0.3 is 16.2 Å². The van der Waals surface area contributed by atoms with Gasteiger partial charge in [-0.25, -0.2) is 0 Å². The molecule has 0 atom stereocenters. The molecule has 0 saturated carbocycles. The molecule has 4 N–H and O–H groups in total. The molecule has 0 saturated heterocycles. The molecule has 0 fully saturated rings. The number of hydrogen-bond donors (Lipinski definition) is 3. The van der Waals surface area contributed by atoms with E-state index in [0.29, 0.717) is 5.75 Å². The van der Waals surface area contributed by atoms with Gasteiger partial charge in [0.25, 0.3) is 0 Å². The molecule has 3 nitrogen and oxygen atoms in total. The molecule has 3 heteroatoms. The lowest BCUT2D eigenvalue weighted by Crippen LogP contribution is -2.20. The number of nitrogens with one attached hydrogen (secondary N) is 1. The van der Waals surface area contributed by atoms with Gasteiger partial charge in [-0.05, 0) is 50.2 Å². The Kier molecular flexibility index (Phi) is 5.04. The van der Waals surface area contributed by atoms with Crippen molar-refractivity contribution >= 4 is 0 Å². The van der Waals surface area contributed by atoms with E-state index in [9.17, 15) is 0 Å². The molecule has 1 rings (SSSR count). The van der Waals surface area contributed by atoms with Gasteiger partial charge >= 0.3 is 0 Å². The van der Waals surface area contributed by atoms with Crippen LogP contribution in [0.4, 0.5) is 0 Å². The molecule has 0 aromatic heterocycles. The zero-order valence-corrected chi connectivity index (χ0v) is 8.37. The van der Waals surface area contributed by atoms with Crippen LogP contribution in [0.5, 0.6) is 5.75 Å². The predicted octanol–water partition coefficient (Wildman–Crippen LogP) is 0.873. The maximum Gasteiger partial charge on any atom is 0.115 e. The van der Waals surface area contributed by atoms with Gasteiger partial charge in [0, 0.05) is 0 Å². The summed E-state index contributed by atoms with van der Waals surface area (Å²) < 4.78 is 0. The second kappa shape index (κ2) is 6.40. The second-order valence-corrected chi connectivity index (χ2v) is 3.31. The van der Waals surface area contributed by atoms with E-state index in [1.807, 2.05) is 12.1 Å². The van der Waals surface area contributed by atoms with Crippen LogP contribution in [0.25, 0.3) is 0 Å². The van der Waals surface area contributed by atoms with Crippen LogP contribution in [0.15, 0.2) is 24.3 Å². The van der Waals surface area contributed by atoms with Crippen LogP contribution in [0, 0.1) is 0 Å². The smallest absolute Gasteiger partial charge is 0.115 e. The van der Waals surface area contributed by atoms with Crippen LogP contribution in [0.3, 0.4) is 0 Å². The van der Waals surface area contributed by atoms with E-state index in [-0.39, 0.29) is 0 Å². The van der Waals surface area contributed by atoms with Gasteiger partial charge in [-0.3, -0.25) is 0 Å². The largest absolute Gasteiger partial charge is 0.508 e. The molecule has 78 valence electrons. The average Bonchev–Trinajstić information content (AvgIpc) is 2.21. The Hall–Kier alpha value is -1.06. The third kappa shape index (κ3) is 4.25. The Labute approximate surface area is 84.9 Å². The normalized spacial score (nSPS) is 10.4. The Morgan fingerprint density at radius 1 is 1.14 bits per heavy atom. The first-order valence-corrected chi connectivity index (χ1v) is 5.01. The average molecular weight is 194 g/mol. The quantitative estimate of drug-likeness (QED) is 0.589. The summed E-state index contributed by atoms with van der Waals surface area (Å²) >= 11 is 0. The number of hydrogen-bond acceptors (Lipinski definition) is 3. The first-order valence-electron chi connectivity index (χ1n) is 5.01. The van der Waals surface area contributed by atoms with Gasteiger partial charge in [-0.1, -0.05) is 12.1 Å². The molecule has 1 aromatic carbocycles. The molecule has 0 aliphatic rings. The van der Waals surface area contributed by atoms with E-state index in [4.69, 9.17) is 10.8 Å². The maximum atomic E-state index is 9.07. The van der Waals surface area contributed by atoms with Gasteiger partial charge in [0.1, 0.15) is 5.75 Å². The summed E-state index contributed by atoms with van der Waals surface area (Å²) in [5, 5.41) is 12.4. The number of phenols is 1. The minimum atomic E-state index is 0.324. The van der Waals surface area contributed by atoms with Crippen LogP contribution in [-0.4, -0.2) is 24.7 Å². The molecule has 0 aliphatic carbocycles. The SMILES string of the molecule is NCCCNCCc1ccc(O)cc1. The molecular weight excluding hydrogens is 176 g/mol. The van der Waals surface area contributed by atoms with E-state index in [1.54, 1.807) is 12.1 Å². The highest BCUT2D eigenvalue weighted by Gasteiger charge is 1.92. The lowest BCUT2D eigenvalue weighted by atomic mass is 10.1. The van der Waals surface area contributed by atoms with Crippen LogP contribution >= 0.6 is 0 Å². The monoisotopic (exact) mass is 194 g/mol. The van der Waals surface area contributed by atoms with Crippen molar-refractivity contribution in [1.82, 2.24) is 5.32 Å². The zero-order valence-electron chi connectivity index (χ0n) is 8.37. The molecule has 0 radical (unpaired) electrons. The summed E-state index contributed by atoms with van der Waals surface area (Å²) in [5.41, 5.74) is 6.61. The molecular formula is C11H18N2O. The third-order valence-electron chi connectivity index (χ3n) is 2.08. The van der Waals surface area contributed by atoms with Crippen molar-refractivity contribution < 1.29 is 5.11 Å². The van der Waals surface area contributed by atoms with Crippen molar-refractivity contribution in [3.05, 3.63) is 29.8 Å². The highest BCUT2D eigenvalue weighted by molar-refractivity contribution is 5.25. The first kappa shape index (κ1) is 11.0. The van der Waals surface area contributed by atoms with Crippen LogP contribution < -0.4 is 11.1 Å². The topological polar surface area (TPSA) is 58.3 Å². The van der Waals surface area contributed by atoms with Crippen LogP contribution in [0.1, 0.15) is 12.0 Å². The van der Waals surface area contributed by atoms with Gasteiger partial charge in [0.2, 0.25) is 0 Å². The fourth-order valence-electron chi connectivity index (χ4n) is 1.25. The number of benzene rings is 1. The lowest BCUT2D eigenvalue weighted by molar-refractivity contribution is 0.475. The van der Waals surface area contributed by atoms with E-state index < -0.39 is 0 Å². The van der Waals surface area contributed by atoms with Crippen molar-refractivity contribution in [3.8, 4) is 5.75 Å². The van der Waals surface area contributed by atoms with Crippen molar-refractivity contribution in [2.75, 3.05) is 19.6 Å². The van der Waals surface area contributed by atoms with Gasteiger partial charge in [-0.2, -0.15) is 0 Å². The van der Waals surface area contributed by atoms with Gasteiger partial charge in [0.15, 0.2) is 0 Å². The zero-order chi connectivity index (χ0) is 10.2. The van der Waals surface area contributed by atoms with Crippen LogP contribution in [0.2, 0.25) is 0 Å². The molecule has 14 heavy (non-hydrogen) atoms. The highest BCUT2D eigenvalue weighted by atomic mass is 16.3. The highest BCUT2D eigenvalue weighted by Crippen LogP contribution is 2.09. The van der Waals surface area contributed by atoms with E-state index >= 15 is 0 Å². The Morgan fingerprint density at radius 2 is 1.86 bits per heavy atom. The van der Waals surface area contributed by atoms with E-state index in [2.05, 4.69) is 5.32 Å². The summed E-state index contributed by atoms with van der Waals surface area (Å²) in [4.78, 5) is 0. The summed E-state index contributed by atoms with van der Waals surface area (Å²) in [7, 11) is 0. The molecule has 0 bridgehead atoms. The molecule has 0 spiro atoms. The molecule has 0 amide bonds. The molecule has 0 unspecified atom stereocenters. The Morgan fingerprint density at radius 3 is 2.50 bits per heavy atom. The Bertz CT molecular complexity index is 246. The number of phenolic OH excluding ortho intramolecular Hbond substituents is 1. The van der Waals surface area contributed by atoms with Crippen molar-refractivity contribution in [2.45, 2.75) is 12.8 Å². The summed E-state index contributed by atoms with van der Waals surface area (Å²) in [6, 6.07) is 7.32. The van der Waals surface area contributed by atoms with Crippen molar-refractivity contribution in [3.63, 3.8) is 0 Å². The summed E-state index contributed by atoms with van der Waals surface area (Å²) in [5.74, 6) is 0.324. The number of rotatable bonds is 6. The van der Waals surface area contributed by atoms with E-state index in [0.717, 1.165) is 32.5 Å².